The second-order valence-corrected chi connectivity index (χ2v) is 8.14. The number of rotatable bonds is 6. The topological polar surface area (TPSA) is 76.0 Å². The van der Waals surface area contributed by atoms with Crippen molar-refractivity contribution in [1.82, 2.24) is 20.2 Å². The summed E-state index contributed by atoms with van der Waals surface area (Å²) in [6.45, 7) is 1.30. The number of hydrogen-bond donors (Lipinski definition) is 2. The second kappa shape index (κ2) is 9.25. The van der Waals surface area contributed by atoms with Gasteiger partial charge in [-0.05, 0) is 44.1 Å². The molecule has 0 radical (unpaired) electrons. The fourth-order valence-corrected chi connectivity index (χ4v) is 4.44. The molecule has 0 bridgehead atoms. The summed E-state index contributed by atoms with van der Waals surface area (Å²) in [4.78, 5) is 30.2. The van der Waals surface area contributed by atoms with Crippen LogP contribution in [-0.2, 0) is 19.4 Å². The molecule has 1 aliphatic heterocycles. The molecule has 154 valence electrons. The van der Waals surface area contributed by atoms with Crippen molar-refractivity contribution < 1.29 is 9.59 Å². The molecule has 2 heterocycles. The summed E-state index contributed by atoms with van der Waals surface area (Å²) in [5.41, 5.74) is 2.55. The zero-order valence-corrected chi connectivity index (χ0v) is 17.0. The van der Waals surface area contributed by atoms with E-state index in [1.807, 2.05) is 22.8 Å². The van der Waals surface area contributed by atoms with Crippen molar-refractivity contribution in [2.45, 2.75) is 70.4 Å². The SMILES string of the molecule is O=C(NC1CCCCC1)c1nc(C(=O)NCCc2ccccc2)n2c1CCCC2. The van der Waals surface area contributed by atoms with E-state index < -0.39 is 0 Å². The van der Waals surface area contributed by atoms with Gasteiger partial charge in [-0.15, -0.1) is 0 Å². The average Bonchev–Trinajstić information content (AvgIpc) is 3.15. The Kier molecular flexibility index (Phi) is 6.27. The Bertz CT molecular complexity index is 853. The predicted octanol–water partition coefficient (Wildman–Crippen LogP) is 3.25. The maximum absolute atomic E-state index is 12.9. The van der Waals surface area contributed by atoms with Gasteiger partial charge in [-0.25, -0.2) is 4.98 Å². The molecule has 1 aliphatic carbocycles. The van der Waals surface area contributed by atoms with Crippen LogP contribution in [0.2, 0.25) is 0 Å². The molecule has 29 heavy (non-hydrogen) atoms. The van der Waals surface area contributed by atoms with Gasteiger partial charge in [-0.2, -0.15) is 0 Å². The Labute approximate surface area is 172 Å². The Hall–Kier alpha value is -2.63. The van der Waals surface area contributed by atoms with E-state index in [0.29, 0.717) is 18.1 Å². The van der Waals surface area contributed by atoms with E-state index in [1.165, 1.54) is 24.8 Å². The highest BCUT2D eigenvalue weighted by atomic mass is 16.2. The molecule has 0 unspecified atom stereocenters. The molecule has 0 atom stereocenters. The van der Waals surface area contributed by atoms with Gasteiger partial charge in [0.25, 0.3) is 11.8 Å². The van der Waals surface area contributed by atoms with E-state index >= 15 is 0 Å². The van der Waals surface area contributed by atoms with E-state index in [-0.39, 0.29) is 17.9 Å². The van der Waals surface area contributed by atoms with E-state index in [1.54, 1.807) is 0 Å². The van der Waals surface area contributed by atoms with Crippen molar-refractivity contribution in [2.75, 3.05) is 6.54 Å². The summed E-state index contributed by atoms with van der Waals surface area (Å²) < 4.78 is 1.96. The van der Waals surface area contributed by atoms with Gasteiger partial charge in [0.05, 0.1) is 5.69 Å². The zero-order chi connectivity index (χ0) is 20.1. The van der Waals surface area contributed by atoms with Crippen LogP contribution in [0.1, 0.15) is 77.3 Å². The normalized spacial score (nSPS) is 16.8. The highest BCUT2D eigenvalue weighted by Gasteiger charge is 2.28. The number of amides is 2. The lowest BCUT2D eigenvalue weighted by atomic mass is 9.95. The molecule has 1 aromatic carbocycles. The molecular weight excluding hydrogens is 364 g/mol. The van der Waals surface area contributed by atoms with E-state index in [2.05, 4.69) is 27.8 Å². The van der Waals surface area contributed by atoms with Crippen molar-refractivity contribution in [2.24, 2.45) is 0 Å². The summed E-state index contributed by atoms with van der Waals surface area (Å²) >= 11 is 0. The van der Waals surface area contributed by atoms with Crippen LogP contribution in [0.4, 0.5) is 0 Å². The van der Waals surface area contributed by atoms with Crippen molar-refractivity contribution in [3.8, 4) is 0 Å². The maximum atomic E-state index is 12.9. The molecule has 0 saturated heterocycles. The number of nitrogens with one attached hydrogen (secondary N) is 2. The number of carbonyl (C=O) groups is 2. The van der Waals surface area contributed by atoms with Gasteiger partial charge >= 0.3 is 0 Å². The third kappa shape index (κ3) is 4.69. The highest BCUT2D eigenvalue weighted by Crippen LogP contribution is 2.23. The molecule has 1 fully saturated rings. The van der Waals surface area contributed by atoms with E-state index in [4.69, 9.17) is 0 Å². The Morgan fingerprint density at radius 3 is 2.59 bits per heavy atom. The molecule has 2 aliphatic rings. The monoisotopic (exact) mass is 394 g/mol. The third-order valence-corrected chi connectivity index (χ3v) is 6.02. The Morgan fingerprint density at radius 1 is 1.00 bits per heavy atom. The van der Waals surface area contributed by atoms with Crippen molar-refractivity contribution in [1.29, 1.82) is 0 Å². The van der Waals surface area contributed by atoms with Crippen LogP contribution in [0.5, 0.6) is 0 Å². The van der Waals surface area contributed by atoms with Crippen molar-refractivity contribution >= 4 is 11.8 Å². The smallest absolute Gasteiger partial charge is 0.287 e. The van der Waals surface area contributed by atoms with Gasteiger partial charge in [0.1, 0.15) is 5.69 Å². The van der Waals surface area contributed by atoms with Gasteiger partial charge in [-0.1, -0.05) is 49.6 Å². The largest absolute Gasteiger partial charge is 0.349 e. The molecular formula is C23H30N4O2. The summed E-state index contributed by atoms with van der Waals surface area (Å²) in [5.74, 6) is 0.0632. The minimum atomic E-state index is -0.194. The van der Waals surface area contributed by atoms with Crippen LogP contribution in [0.3, 0.4) is 0 Å². The molecule has 2 N–H and O–H groups in total. The molecule has 1 aromatic heterocycles. The minimum absolute atomic E-state index is 0.120. The van der Waals surface area contributed by atoms with Crippen LogP contribution in [0.25, 0.3) is 0 Å². The number of fused-ring (bicyclic) bond motifs is 1. The lowest BCUT2D eigenvalue weighted by Crippen LogP contribution is -2.37. The summed E-state index contributed by atoms with van der Waals surface area (Å²) in [5, 5.41) is 6.13. The number of nitrogens with zero attached hydrogens (tertiary/aromatic N) is 2. The van der Waals surface area contributed by atoms with Crippen LogP contribution < -0.4 is 10.6 Å². The van der Waals surface area contributed by atoms with Crippen molar-refractivity contribution in [3.05, 3.63) is 53.1 Å². The number of hydrogen-bond acceptors (Lipinski definition) is 3. The number of imidazole rings is 1. The molecule has 6 nitrogen and oxygen atoms in total. The molecule has 1 saturated carbocycles. The molecule has 4 rings (SSSR count). The van der Waals surface area contributed by atoms with Crippen molar-refractivity contribution in [3.63, 3.8) is 0 Å². The standard InChI is InChI=1S/C23H30N4O2/c28-22(25-18-11-5-2-6-12-18)20-19-13-7-8-16-27(19)21(26-20)23(29)24-15-14-17-9-3-1-4-10-17/h1,3-4,9-10,18H,2,5-8,11-16H2,(H,24,29)(H,25,28). The molecule has 2 amide bonds. The lowest BCUT2D eigenvalue weighted by Gasteiger charge is -2.23. The lowest BCUT2D eigenvalue weighted by molar-refractivity contribution is 0.0921. The first-order chi connectivity index (χ1) is 14.2. The maximum Gasteiger partial charge on any atom is 0.287 e. The van der Waals surface area contributed by atoms with Crippen LogP contribution in [0.15, 0.2) is 30.3 Å². The Balaban J connectivity index is 1.45. The van der Waals surface area contributed by atoms with Crippen LogP contribution in [0, 0.1) is 0 Å². The quantitative estimate of drug-likeness (QED) is 0.790. The molecule has 0 spiro atoms. The van der Waals surface area contributed by atoms with E-state index in [0.717, 1.165) is 50.8 Å². The summed E-state index contributed by atoms with van der Waals surface area (Å²) in [7, 11) is 0. The highest BCUT2D eigenvalue weighted by molar-refractivity contribution is 5.97. The average molecular weight is 395 g/mol. The molecule has 2 aromatic rings. The predicted molar refractivity (Wildman–Crippen MR) is 112 cm³/mol. The Morgan fingerprint density at radius 2 is 1.79 bits per heavy atom. The van der Waals surface area contributed by atoms with E-state index in [9.17, 15) is 9.59 Å². The number of carbonyl (C=O) groups excluding carboxylic acids is 2. The molecule has 6 heteroatoms. The van der Waals surface area contributed by atoms with Gasteiger partial charge in [0.15, 0.2) is 5.82 Å². The van der Waals surface area contributed by atoms with Crippen LogP contribution >= 0.6 is 0 Å². The fraction of sp³-hybridized carbons (Fsp3) is 0.522. The first-order valence-electron chi connectivity index (χ1n) is 10.9. The van der Waals surface area contributed by atoms with Crippen LogP contribution in [-0.4, -0.2) is 34.0 Å². The van der Waals surface area contributed by atoms with Gasteiger partial charge in [-0.3, -0.25) is 9.59 Å². The zero-order valence-electron chi connectivity index (χ0n) is 17.0. The number of aromatic nitrogens is 2. The van der Waals surface area contributed by atoms with Gasteiger partial charge in [0.2, 0.25) is 0 Å². The first-order valence-corrected chi connectivity index (χ1v) is 10.9. The third-order valence-electron chi connectivity index (χ3n) is 6.02. The van der Waals surface area contributed by atoms with Gasteiger partial charge in [0, 0.05) is 19.1 Å². The summed E-state index contributed by atoms with van der Waals surface area (Å²) in [6, 6.07) is 10.3. The second-order valence-electron chi connectivity index (χ2n) is 8.14. The fourth-order valence-electron chi connectivity index (χ4n) is 4.44. The van der Waals surface area contributed by atoms with Gasteiger partial charge < -0.3 is 15.2 Å². The summed E-state index contributed by atoms with van der Waals surface area (Å²) in [6.07, 6.45) is 9.28. The minimum Gasteiger partial charge on any atom is -0.349 e. The first kappa shape index (κ1) is 19.7. The number of benzene rings is 1.